The molecule has 0 saturated heterocycles. The molecule has 5 rings (SSSR count). The summed E-state index contributed by atoms with van der Waals surface area (Å²) >= 11 is 0. The maximum atomic E-state index is 16.7. The van der Waals surface area contributed by atoms with Crippen LogP contribution in [-0.2, 0) is 18.5 Å². The minimum atomic E-state index is -7.87. The van der Waals surface area contributed by atoms with E-state index >= 15 is 70.2 Å². The molecule has 5 aromatic rings. The number of halogens is 25. The highest BCUT2D eigenvalue weighted by molar-refractivity contribution is 7.20. The Bertz CT molecular complexity index is 2360. The fourth-order valence-electron chi connectivity index (χ4n) is 6.77. The molecule has 0 N–H and O–H groups in total. The average molecular weight is 913 g/mol. The van der Waals surface area contributed by atoms with Gasteiger partial charge < -0.3 is 0 Å². The topological polar surface area (TPSA) is 0 Å². The van der Waals surface area contributed by atoms with Crippen LogP contribution in [0.4, 0.5) is 110 Å². The summed E-state index contributed by atoms with van der Waals surface area (Å²) in [6, 6.07) is 2.65. The second-order valence-electron chi connectivity index (χ2n) is 12.4. The Hall–Kier alpha value is -5.85. The number of hydrogen-bond donors (Lipinski definition) is 0. The lowest BCUT2D eigenvalue weighted by Gasteiger charge is -2.45. The predicted molar refractivity (Wildman–Crippen MR) is 160 cm³/mol. The third-order valence-electron chi connectivity index (χ3n) is 9.21. The first kappa shape index (κ1) is 46.2. The Morgan fingerprint density at radius 3 is 0.738 bits per heavy atom. The first-order valence-corrected chi connectivity index (χ1v) is 15.4. The van der Waals surface area contributed by atoms with Crippen molar-refractivity contribution in [1.29, 1.82) is 0 Å². The third kappa shape index (κ3) is 6.71. The van der Waals surface area contributed by atoms with Gasteiger partial charge in [-0.3, -0.25) is 0 Å². The van der Waals surface area contributed by atoms with Gasteiger partial charge in [0.15, 0.2) is 46.5 Å². The molecule has 0 saturated carbocycles. The summed E-state index contributed by atoms with van der Waals surface area (Å²) < 4.78 is 378. The molecule has 326 valence electrons. The van der Waals surface area contributed by atoms with E-state index < -0.39 is 167 Å². The van der Waals surface area contributed by atoms with Crippen LogP contribution in [0, 0.1) is 93.1 Å². The van der Waals surface area contributed by atoms with E-state index in [0.29, 0.717) is 12.1 Å². The fraction of sp³-hybridized carbons (Fsp3) is 0.0857. The van der Waals surface area contributed by atoms with Gasteiger partial charge in [0, 0.05) is 0 Å². The Balaban J connectivity index is 2.35. The zero-order valence-electron chi connectivity index (χ0n) is 28.1. The van der Waals surface area contributed by atoms with Crippen LogP contribution < -0.4 is 21.9 Å². The summed E-state index contributed by atoms with van der Waals surface area (Å²) in [5.41, 5.74) is -31.0. The minimum Gasteiger partial charge on any atom is -0.207 e. The van der Waals surface area contributed by atoms with Crippen LogP contribution in [0.15, 0.2) is 30.8 Å². The molecule has 0 aliphatic carbocycles. The lowest BCUT2D eigenvalue weighted by Crippen LogP contribution is -2.81. The monoisotopic (exact) mass is 913 g/mol. The highest BCUT2D eigenvalue weighted by Gasteiger charge is 2.55. The molecule has 0 bridgehead atoms. The normalized spacial score (nSPS) is 12.7. The van der Waals surface area contributed by atoms with Crippen LogP contribution in [0.3, 0.4) is 0 Å². The van der Waals surface area contributed by atoms with Crippen LogP contribution in [0.25, 0.3) is 17.2 Å². The molecule has 0 radical (unpaired) electrons. The van der Waals surface area contributed by atoms with Gasteiger partial charge in [0.1, 0.15) is 69.4 Å². The van der Waals surface area contributed by atoms with E-state index in [1.807, 2.05) is 0 Å². The van der Waals surface area contributed by atoms with Crippen LogP contribution in [0.5, 0.6) is 0 Å². The zero-order valence-corrected chi connectivity index (χ0v) is 28.1. The van der Waals surface area contributed by atoms with Gasteiger partial charge in [0.2, 0.25) is 0 Å². The van der Waals surface area contributed by atoms with Crippen LogP contribution in [0.2, 0.25) is 0 Å². The molecule has 0 spiro atoms. The van der Waals surface area contributed by atoms with Crippen molar-refractivity contribution in [2.24, 2.45) is 0 Å². The van der Waals surface area contributed by atoms with Gasteiger partial charge in [-0.1, -0.05) is 36.9 Å². The molecule has 0 unspecified atom stereocenters. The lowest BCUT2D eigenvalue weighted by molar-refractivity contribution is -0.144. The molecule has 0 nitrogen and oxygen atoms in total. The van der Waals surface area contributed by atoms with E-state index in [4.69, 9.17) is 0 Å². The SMILES string of the molecule is C=Cc1ccc(-c2c(F)c(F)c([B-](c3c(F)c(F)c(C(F)(F)F)c(F)c3F)(c3c(F)c(F)c(C(F)(F)F)c(F)c3F)c3c(F)c(F)c(C(F)(F)F)c(F)c3F)c(F)c2F)cc1. The average Bonchev–Trinajstić information content (AvgIpc) is 3.14. The van der Waals surface area contributed by atoms with Gasteiger partial charge in [-0.25, -0.2) is 70.2 Å². The van der Waals surface area contributed by atoms with E-state index in [0.717, 1.165) is 18.2 Å². The second kappa shape index (κ2) is 15.0. The van der Waals surface area contributed by atoms with E-state index in [9.17, 15) is 39.5 Å². The maximum Gasteiger partial charge on any atom is 0.422 e. The molecular weight excluding hydrogens is 906 g/mol. The standard InChI is InChI=1S/C35H7BF25/c1-2-7-3-5-8(6-4-7)9-17(37)25(45)13(26(46)18(9)38)36(14-27(47)19(39)10(33(53,54)55)20(40)28(14)48,15-29(49)21(41)11(34(56,57)58)22(42)30(15)50)16-31(51)23(43)12(35(59,60)61)24(44)32(16)52/h2-6H,1H2/q-1. The Kier molecular flexibility index (Phi) is 11.3. The number of rotatable bonds is 6. The van der Waals surface area contributed by atoms with E-state index in [-0.39, 0.29) is 5.56 Å². The molecule has 61 heavy (non-hydrogen) atoms. The fourth-order valence-corrected chi connectivity index (χ4v) is 6.77. The van der Waals surface area contributed by atoms with E-state index in [1.54, 1.807) is 0 Å². The highest BCUT2D eigenvalue weighted by Crippen LogP contribution is 2.41. The van der Waals surface area contributed by atoms with Crippen molar-refractivity contribution in [3.63, 3.8) is 0 Å². The summed E-state index contributed by atoms with van der Waals surface area (Å²) in [4.78, 5) is 0. The van der Waals surface area contributed by atoms with Crippen LogP contribution in [-0.4, -0.2) is 6.15 Å². The molecule has 0 heterocycles. The van der Waals surface area contributed by atoms with Gasteiger partial charge >= 0.3 is 18.5 Å². The number of alkyl halides is 9. The first-order chi connectivity index (χ1) is 27.8. The van der Waals surface area contributed by atoms with Gasteiger partial charge in [-0.15, -0.1) is 21.9 Å². The number of benzene rings is 5. The minimum absolute atomic E-state index is 0.0106. The molecule has 0 amide bonds. The van der Waals surface area contributed by atoms with Crippen molar-refractivity contribution in [3.8, 4) is 11.1 Å². The lowest BCUT2D eigenvalue weighted by atomic mass is 9.12. The zero-order chi connectivity index (χ0) is 46.5. The van der Waals surface area contributed by atoms with Crippen LogP contribution >= 0.6 is 0 Å². The quantitative estimate of drug-likeness (QED) is 0.0905. The molecular formula is C35H7BF25-. The Labute approximate surface area is 320 Å². The molecule has 0 aliphatic heterocycles. The molecule has 5 aromatic carbocycles. The van der Waals surface area contributed by atoms with Crippen molar-refractivity contribution < 1.29 is 110 Å². The van der Waals surface area contributed by atoms with Crippen molar-refractivity contribution in [2.75, 3.05) is 0 Å². The second-order valence-corrected chi connectivity index (χ2v) is 12.4. The van der Waals surface area contributed by atoms with E-state index in [2.05, 4.69) is 6.58 Å². The molecule has 0 atom stereocenters. The third-order valence-corrected chi connectivity index (χ3v) is 9.21. The van der Waals surface area contributed by atoms with E-state index in [1.165, 1.54) is 0 Å². The Morgan fingerprint density at radius 2 is 0.541 bits per heavy atom. The van der Waals surface area contributed by atoms with Gasteiger partial charge in [0.05, 0.1) is 5.56 Å². The summed E-state index contributed by atoms with van der Waals surface area (Å²) in [6.07, 6.45) is -27.2. The van der Waals surface area contributed by atoms with Gasteiger partial charge in [-0.2, -0.15) is 39.5 Å². The van der Waals surface area contributed by atoms with Gasteiger partial charge in [-0.05, 0) is 11.1 Å². The summed E-state index contributed by atoms with van der Waals surface area (Å²) in [5, 5.41) is 0. The molecule has 0 aliphatic rings. The van der Waals surface area contributed by atoms with Crippen LogP contribution in [0.1, 0.15) is 22.3 Å². The predicted octanol–water partition coefficient (Wildman–Crippen LogP) is 10.7. The maximum absolute atomic E-state index is 16.7. The Morgan fingerprint density at radius 1 is 0.328 bits per heavy atom. The van der Waals surface area contributed by atoms with Crippen molar-refractivity contribution in [1.82, 2.24) is 0 Å². The van der Waals surface area contributed by atoms with Crippen molar-refractivity contribution in [2.45, 2.75) is 18.5 Å². The van der Waals surface area contributed by atoms with Crippen molar-refractivity contribution in [3.05, 3.63) is 146 Å². The summed E-state index contributed by atoms with van der Waals surface area (Å²) in [6.45, 7) is 3.26. The largest absolute Gasteiger partial charge is 0.422 e. The summed E-state index contributed by atoms with van der Waals surface area (Å²) in [7, 11) is 0. The van der Waals surface area contributed by atoms with Crippen molar-refractivity contribution >= 4 is 34.1 Å². The van der Waals surface area contributed by atoms with Gasteiger partial charge in [0.25, 0.3) is 0 Å². The molecule has 26 heteroatoms. The molecule has 0 fully saturated rings. The number of hydrogen-bond acceptors (Lipinski definition) is 0. The molecule has 0 aromatic heterocycles. The summed E-state index contributed by atoms with van der Waals surface area (Å²) in [5.74, 6) is -64.3. The highest BCUT2D eigenvalue weighted by atomic mass is 19.4. The first-order valence-electron chi connectivity index (χ1n) is 15.4. The smallest absolute Gasteiger partial charge is 0.207 e.